The third kappa shape index (κ3) is 6.12. The molecule has 2 aromatic rings. The van der Waals surface area contributed by atoms with Crippen LogP contribution in [0.15, 0.2) is 54.6 Å². The Morgan fingerprint density at radius 3 is 2.43 bits per heavy atom. The van der Waals surface area contributed by atoms with Crippen molar-refractivity contribution in [2.45, 2.75) is 13.3 Å². The van der Waals surface area contributed by atoms with E-state index < -0.39 is 0 Å². The van der Waals surface area contributed by atoms with E-state index in [2.05, 4.69) is 17.4 Å². The maximum atomic E-state index is 12.1. The number of amides is 1. The van der Waals surface area contributed by atoms with Gasteiger partial charge in [-0.15, -0.1) is 0 Å². The number of hydrogen-bond acceptors (Lipinski definition) is 3. The van der Waals surface area contributed by atoms with Crippen LogP contribution in [0.1, 0.15) is 22.8 Å². The van der Waals surface area contributed by atoms with Crippen LogP contribution in [0.2, 0.25) is 0 Å². The summed E-state index contributed by atoms with van der Waals surface area (Å²) in [5, 5.41) is 2.93. The van der Waals surface area contributed by atoms with Crippen LogP contribution >= 0.6 is 0 Å². The van der Waals surface area contributed by atoms with Crippen molar-refractivity contribution in [3.05, 3.63) is 65.7 Å². The molecule has 1 amide bonds. The minimum atomic E-state index is -0.0678. The van der Waals surface area contributed by atoms with Gasteiger partial charge in [-0.1, -0.05) is 30.3 Å². The minimum absolute atomic E-state index is 0.0678. The van der Waals surface area contributed by atoms with E-state index in [1.54, 1.807) is 24.3 Å². The van der Waals surface area contributed by atoms with Crippen molar-refractivity contribution in [1.82, 2.24) is 5.32 Å². The van der Waals surface area contributed by atoms with Crippen LogP contribution < -0.4 is 10.1 Å². The predicted octanol–water partition coefficient (Wildman–Crippen LogP) is 3.07. The molecule has 0 bridgehead atoms. The van der Waals surface area contributed by atoms with Gasteiger partial charge in [0, 0.05) is 18.7 Å². The molecule has 0 aromatic heterocycles. The molecule has 4 heteroatoms. The molecule has 2 aromatic carbocycles. The number of nitrogens with one attached hydrogen (secondary N) is 1. The average molecular weight is 313 g/mol. The lowest BCUT2D eigenvalue weighted by molar-refractivity contribution is 0.0953. The second kappa shape index (κ2) is 9.64. The highest BCUT2D eigenvalue weighted by molar-refractivity contribution is 5.94. The first-order valence-electron chi connectivity index (χ1n) is 7.92. The number of carbonyl (C=O) groups excluding carboxylic acids is 1. The fourth-order valence-corrected chi connectivity index (χ4v) is 2.13. The summed E-state index contributed by atoms with van der Waals surface area (Å²) in [7, 11) is 0. The molecule has 0 aliphatic carbocycles. The van der Waals surface area contributed by atoms with E-state index >= 15 is 0 Å². The number of hydrogen-bond donors (Lipinski definition) is 1. The van der Waals surface area contributed by atoms with Crippen molar-refractivity contribution in [2.75, 3.05) is 26.4 Å². The number of benzene rings is 2. The van der Waals surface area contributed by atoms with Crippen LogP contribution in [0.5, 0.6) is 5.75 Å². The van der Waals surface area contributed by atoms with Crippen LogP contribution in [-0.2, 0) is 11.2 Å². The van der Waals surface area contributed by atoms with Gasteiger partial charge in [0.05, 0.1) is 6.61 Å². The normalized spacial score (nSPS) is 10.3. The molecule has 0 atom stereocenters. The molecule has 0 heterocycles. The van der Waals surface area contributed by atoms with Gasteiger partial charge in [0.15, 0.2) is 0 Å². The Hall–Kier alpha value is -2.33. The number of rotatable bonds is 9. The summed E-state index contributed by atoms with van der Waals surface area (Å²) in [6.45, 7) is 4.33. The molecule has 0 aliphatic rings. The van der Waals surface area contributed by atoms with E-state index in [1.165, 1.54) is 5.56 Å². The lowest BCUT2D eigenvalue weighted by atomic mass is 10.1. The van der Waals surface area contributed by atoms with Crippen LogP contribution in [0.4, 0.5) is 0 Å². The van der Waals surface area contributed by atoms with E-state index in [0.29, 0.717) is 31.9 Å². The fourth-order valence-electron chi connectivity index (χ4n) is 2.13. The quantitative estimate of drug-likeness (QED) is 0.724. The Bertz CT molecular complexity index is 581. The largest absolute Gasteiger partial charge is 0.491 e. The van der Waals surface area contributed by atoms with Crippen molar-refractivity contribution < 1.29 is 14.3 Å². The number of carbonyl (C=O) groups is 1. The maximum Gasteiger partial charge on any atom is 0.251 e. The molecule has 4 nitrogen and oxygen atoms in total. The average Bonchev–Trinajstić information content (AvgIpc) is 2.60. The molecule has 0 saturated heterocycles. The molecule has 122 valence electrons. The third-order valence-corrected chi connectivity index (χ3v) is 3.36. The van der Waals surface area contributed by atoms with Crippen molar-refractivity contribution in [1.29, 1.82) is 0 Å². The Morgan fingerprint density at radius 1 is 1.00 bits per heavy atom. The summed E-state index contributed by atoms with van der Waals surface area (Å²) in [4.78, 5) is 12.1. The molecular weight excluding hydrogens is 290 g/mol. The first kappa shape index (κ1) is 17.0. The molecule has 0 radical (unpaired) electrons. The van der Waals surface area contributed by atoms with Gasteiger partial charge in [-0.05, 0) is 43.2 Å². The van der Waals surface area contributed by atoms with E-state index in [1.807, 2.05) is 25.1 Å². The van der Waals surface area contributed by atoms with Crippen LogP contribution in [0.3, 0.4) is 0 Å². The lowest BCUT2D eigenvalue weighted by Gasteiger charge is -2.08. The summed E-state index contributed by atoms with van der Waals surface area (Å²) in [5.74, 6) is 0.673. The van der Waals surface area contributed by atoms with E-state index in [4.69, 9.17) is 9.47 Å². The van der Waals surface area contributed by atoms with Crippen molar-refractivity contribution >= 4 is 5.91 Å². The highest BCUT2D eigenvalue weighted by Crippen LogP contribution is 2.12. The van der Waals surface area contributed by atoms with Crippen molar-refractivity contribution in [3.8, 4) is 5.75 Å². The number of ether oxygens (including phenoxy) is 2. The smallest absolute Gasteiger partial charge is 0.251 e. The Labute approximate surface area is 137 Å². The second-order valence-corrected chi connectivity index (χ2v) is 5.06. The Balaban J connectivity index is 1.74. The molecule has 0 spiro atoms. The molecule has 0 unspecified atom stereocenters. The Kier molecular flexibility index (Phi) is 7.14. The molecule has 0 saturated carbocycles. The van der Waals surface area contributed by atoms with Gasteiger partial charge in [0.1, 0.15) is 12.4 Å². The first-order chi connectivity index (χ1) is 11.3. The lowest BCUT2D eigenvalue weighted by Crippen LogP contribution is -2.25. The van der Waals surface area contributed by atoms with E-state index in [-0.39, 0.29) is 5.91 Å². The maximum absolute atomic E-state index is 12.1. The topological polar surface area (TPSA) is 47.6 Å². The summed E-state index contributed by atoms with van der Waals surface area (Å²) in [6.07, 6.45) is 0.825. The Morgan fingerprint density at radius 2 is 1.74 bits per heavy atom. The second-order valence-electron chi connectivity index (χ2n) is 5.06. The summed E-state index contributed by atoms with van der Waals surface area (Å²) in [6, 6.07) is 17.3. The first-order valence-corrected chi connectivity index (χ1v) is 7.92. The SMILES string of the molecule is CCOCCOc1ccc(C(=O)NCCc2ccccc2)cc1. The van der Waals surface area contributed by atoms with Gasteiger partial charge in [-0.25, -0.2) is 0 Å². The zero-order valence-corrected chi connectivity index (χ0v) is 13.5. The van der Waals surface area contributed by atoms with Gasteiger partial charge < -0.3 is 14.8 Å². The zero-order chi connectivity index (χ0) is 16.3. The van der Waals surface area contributed by atoms with Crippen LogP contribution in [-0.4, -0.2) is 32.3 Å². The summed E-state index contributed by atoms with van der Waals surface area (Å²) in [5.41, 5.74) is 1.85. The molecule has 0 aliphatic heterocycles. The fraction of sp³-hybridized carbons (Fsp3) is 0.316. The zero-order valence-electron chi connectivity index (χ0n) is 13.5. The molecule has 0 fully saturated rings. The standard InChI is InChI=1S/C19H23NO3/c1-2-22-14-15-23-18-10-8-17(9-11-18)19(21)20-13-12-16-6-4-3-5-7-16/h3-11H,2,12-15H2,1H3,(H,20,21). The third-order valence-electron chi connectivity index (χ3n) is 3.36. The van der Waals surface area contributed by atoms with Gasteiger partial charge in [0.25, 0.3) is 5.91 Å². The van der Waals surface area contributed by atoms with Gasteiger partial charge in [-0.2, -0.15) is 0 Å². The van der Waals surface area contributed by atoms with Crippen LogP contribution in [0, 0.1) is 0 Å². The van der Waals surface area contributed by atoms with Crippen molar-refractivity contribution in [2.24, 2.45) is 0 Å². The molecule has 1 N–H and O–H groups in total. The van der Waals surface area contributed by atoms with Crippen molar-refractivity contribution in [3.63, 3.8) is 0 Å². The van der Waals surface area contributed by atoms with Gasteiger partial charge in [0.2, 0.25) is 0 Å². The highest BCUT2D eigenvalue weighted by Gasteiger charge is 2.05. The monoisotopic (exact) mass is 313 g/mol. The van der Waals surface area contributed by atoms with Crippen LogP contribution in [0.25, 0.3) is 0 Å². The molecular formula is C19H23NO3. The summed E-state index contributed by atoms with van der Waals surface area (Å²) >= 11 is 0. The predicted molar refractivity (Wildman–Crippen MR) is 90.9 cm³/mol. The molecule has 2 rings (SSSR count). The van der Waals surface area contributed by atoms with Gasteiger partial charge >= 0.3 is 0 Å². The van der Waals surface area contributed by atoms with Gasteiger partial charge in [-0.3, -0.25) is 4.79 Å². The van der Waals surface area contributed by atoms with E-state index in [9.17, 15) is 4.79 Å². The van der Waals surface area contributed by atoms with E-state index in [0.717, 1.165) is 12.2 Å². The summed E-state index contributed by atoms with van der Waals surface area (Å²) < 4.78 is 10.7. The molecule has 23 heavy (non-hydrogen) atoms. The highest BCUT2D eigenvalue weighted by atomic mass is 16.5. The minimum Gasteiger partial charge on any atom is -0.491 e.